The molecule has 0 aliphatic rings. The van der Waals surface area contributed by atoms with Crippen LogP contribution in [0.1, 0.15) is 19.3 Å². The molecule has 0 aromatic rings. The zero-order chi connectivity index (χ0) is 7.82. The van der Waals surface area contributed by atoms with Gasteiger partial charge in [-0.3, -0.25) is 4.79 Å². The maximum Gasteiger partial charge on any atom is 0.298 e. The lowest BCUT2D eigenvalue weighted by Crippen LogP contribution is -1.86. The molecule has 2 nitrogen and oxygen atoms in total. The van der Waals surface area contributed by atoms with Crippen LogP contribution in [-0.4, -0.2) is 6.47 Å². The Bertz CT molecular complexity index is 127. The summed E-state index contributed by atoms with van der Waals surface area (Å²) >= 11 is 0. The van der Waals surface area contributed by atoms with Crippen molar-refractivity contribution < 1.29 is 9.53 Å². The second kappa shape index (κ2) is 6.08. The summed E-state index contributed by atoms with van der Waals surface area (Å²) in [5.41, 5.74) is 0. The Hall–Kier alpha value is -1.05. The van der Waals surface area contributed by atoms with Gasteiger partial charge in [-0.2, -0.15) is 0 Å². The van der Waals surface area contributed by atoms with Crippen LogP contribution in [0.3, 0.4) is 0 Å². The van der Waals surface area contributed by atoms with Crippen molar-refractivity contribution >= 4 is 6.47 Å². The molecule has 0 bridgehead atoms. The largest absolute Gasteiger partial charge is 0.434 e. The fourth-order valence-corrected chi connectivity index (χ4v) is 0.571. The van der Waals surface area contributed by atoms with Gasteiger partial charge >= 0.3 is 0 Å². The number of allylic oxidation sites excluding steroid dienone is 2. The van der Waals surface area contributed by atoms with Gasteiger partial charge in [0.05, 0.1) is 0 Å². The highest BCUT2D eigenvalue weighted by molar-refractivity contribution is 5.39. The zero-order valence-corrected chi connectivity index (χ0v) is 6.01. The number of carbonyl (C=O) groups is 1. The molecule has 0 fully saturated rings. The van der Waals surface area contributed by atoms with Gasteiger partial charge in [-0.25, -0.2) is 0 Å². The fraction of sp³-hybridized carbons (Fsp3) is 0.375. The van der Waals surface area contributed by atoms with Crippen LogP contribution in [-0.2, 0) is 9.53 Å². The predicted octanol–water partition coefficient (Wildman–Crippen LogP) is 2.03. The third-order valence-corrected chi connectivity index (χ3v) is 1.08. The number of unbranched alkanes of at least 4 members (excludes halogenated alkanes) is 1. The molecule has 10 heavy (non-hydrogen) atoms. The summed E-state index contributed by atoms with van der Waals surface area (Å²) in [6.07, 6.45) is 4.43. The first kappa shape index (κ1) is 8.95. The second-order valence-electron chi connectivity index (χ2n) is 1.93. The van der Waals surface area contributed by atoms with Crippen molar-refractivity contribution in [3.63, 3.8) is 0 Å². The van der Waals surface area contributed by atoms with E-state index in [1.165, 1.54) is 0 Å². The lowest BCUT2D eigenvalue weighted by Gasteiger charge is -1.98. The molecular formula is C8H12O2. The van der Waals surface area contributed by atoms with E-state index in [4.69, 9.17) is 0 Å². The molecule has 0 aliphatic carbocycles. The van der Waals surface area contributed by atoms with Crippen LogP contribution in [0.2, 0.25) is 0 Å². The molecule has 2 heteroatoms. The van der Waals surface area contributed by atoms with E-state index >= 15 is 0 Å². The Morgan fingerprint density at radius 3 is 2.80 bits per heavy atom. The van der Waals surface area contributed by atoms with Gasteiger partial charge in [-0.1, -0.05) is 12.7 Å². The molecule has 0 heterocycles. The summed E-state index contributed by atoms with van der Waals surface area (Å²) in [4.78, 5) is 9.74. The monoisotopic (exact) mass is 140 g/mol. The third kappa shape index (κ3) is 5.09. The van der Waals surface area contributed by atoms with Crippen molar-refractivity contribution in [1.29, 1.82) is 0 Å². The van der Waals surface area contributed by atoms with Crippen LogP contribution in [0.4, 0.5) is 0 Å². The van der Waals surface area contributed by atoms with E-state index in [0.717, 1.165) is 19.3 Å². The molecule has 0 aromatic heterocycles. The smallest absolute Gasteiger partial charge is 0.298 e. The average Bonchev–Trinajstić information content (AvgIpc) is 1.89. The molecule has 0 saturated heterocycles. The summed E-state index contributed by atoms with van der Waals surface area (Å²) in [5, 5.41) is 0. The van der Waals surface area contributed by atoms with Gasteiger partial charge in [0.1, 0.15) is 5.76 Å². The lowest BCUT2D eigenvalue weighted by atomic mass is 10.2. The number of rotatable bonds is 6. The van der Waals surface area contributed by atoms with Crippen molar-refractivity contribution in [3.05, 3.63) is 25.0 Å². The molecule has 0 atom stereocenters. The van der Waals surface area contributed by atoms with Crippen LogP contribution in [0.5, 0.6) is 0 Å². The van der Waals surface area contributed by atoms with Crippen LogP contribution in [0, 0.1) is 0 Å². The lowest BCUT2D eigenvalue weighted by molar-refractivity contribution is -0.125. The van der Waals surface area contributed by atoms with E-state index in [0.29, 0.717) is 12.2 Å². The van der Waals surface area contributed by atoms with Crippen molar-refractivity contribution in [2.24, 2.45) is 0 Å². The number of hydrogen-bond acceptors (Lipinski definition) is 2. The summed E-state index contributed by atoms with van der Waals surface area (Å²) in [7, 11) is 0. The number of ether oxygens (including phenoxy) is 1. The standard InChI is InChI=1S/C8H12O2/c1-3-4-5-6-8(2)10-7-9/h3,7H,1-2,4-6H2. The van der Waals surface area contributed by atoms with Crippen LogP contribution >= 0.6 is 0 Å². The topological polar surface area (TPSA) is 26.3 Å². The highest BCUT2D eigenvalue weighted by Gasteiger charge is 1.91. The van der Waals surface area contributed by atoms with Crippen LogP contribution < -0.4 is 0 Å². The molecule has 0 aromatic carbocycles. The molecule has 0 unspecified atom stereocenters. The first-order valence-corrected chi connectivity index (χ1v) is 3.20. The Labute approximate surface area is 61.2 Å². The normalized spacial score (nSPS) is 8.40. The van der Waals surface area contributed by atoms with Gasteiger partial charge < -0.3 is 4.74 Å². The van der Waals surface area contributed by atoms with Gasteiger partial charge in [-0.05, 0) is 12.8 Å². The van der Waals surface area contributed by atoms with E-state index in [9.17, 15) is 4.79 Å². The minimum atomic E-state index is 0.399. The third-order valence-electron chi connectivity index (χ3n) is 1.08. The Balaban J connectivity index is 3.20. The Morgan fingerprint density at radius 2 is 2.30 bits per heavy atom. The van der Waals surface area contributed by atoms with Crippen LogP contribution in [0.25, 0.3) is 0 Å². The maximum atomic E-state index is 9.74. The first-order chi connectivity index (χ1) is 4.81. The summed E-state index contributed by atoms with van der Waals surface area (Å²) < 4.78 is 4.48. The summed E-state index contributed by atoms with van der Waals surface area (Å²) in [5.74, 6) is 0.525. The molecule has 0 N–H and O–H groups in total. The van der Waals surface area contributed by atoms with Gasteiger partial charge in [0.25, 0.3) is 6.47 Å². The molecule has 0 aliphatic heterocycles. The van der Waals surface area contributed by atoms with Crippen molar-refractivity contribution in [2.45, 2.75) is 19.3 Å². The Kier molecular flexibility index (Phi) is 5.44. The minimum Gasteiger partial charge on any atom is -0.434 e. The SMILES string of the molecule is C=CCCCC(=C)OC=O. The van der Waals surface area contributed by atoms with E-state index in [2.05, 4.69) is 17.9 Å². The molecule has 56 valence electrons. The quantitative estimate of drug-likeness (QED) is 0.244. The molecule has 0 saturated carbocycles. The average molecular weight is 140 g/mol. The highest BCUT2D eigenvalue weighted by atomic mass is 16.5. The summed E-state index contributed by atoms with van der Waals surface area (Å²) in [6.45, 7) is 7.49. The van der Waals surface area contributed by atoms with E-state index in [1.807, 2.05) is 6.08 Å². The Morgan fingerprint density at radius 1 is 1.60 bits per heavy atom. The highest BCUT2D eigenvalue weighted by Crippen LogP contribution is 2.04. The molecule has 0 rings (SSSR count). The molecule has 0 radical (unpaired) electrons. The van der Waals surface area contributed by atoms with E-state index in [-0.39, 0.29) is 0 Å². The molecule has 0 amide bonds. The van der Waals surface area contributed by atoms with Crippen LogP contribution in [0.15, 0.2) is 25.0 Å². The van der Waals surface area contributed by atoms with E-state index in [1.54, 1.807) is 0 Å². The van der Waals surface area contributed by atoms with Gasteiger partial charge in [0.15, 0.2) is 0 Å². The van der Waals surface area contributed by atoms with Crippen molar-refractivity contribution in [2.75, 3.05) is 0 Å². The second-order valence-corrected chi connectivity index (χ2v) is 1.93. The van der Waals surface area contributed by atoms with Crippen molar-refractivity contribution in [1.82, 2.24) is 0 Å². The zero-order valence-electron chi connectivity index (χ0n) is 6.01. The molecular weight excluding hydrogens is 128 g/mol. The summed E-state index contributed by atoms with van der Waals surface area (Å²) in [6, 6.07) is 0. The van der Waals surface area contributed by atoms with Gasteiger partial charge in [0, 0.05) is 6.42 Å². The first-order valence-electron chi connectivity index (χ1n) is 3.20. The maximum absolute atomic E-state index is 9.74. The molecule has 0 spiro atoms. The van der Waals surface area contributed by atoms with E-state index < -0.39 is 0 Å². The van der Waals surface area contributed by atoms with Crippen molar-refractivity contribution in [3.8, 4) is 0 Å². The van der Waals surface area contributed by atoms with Gasteiger partial charge in [-0.15, -0.1) is 6.58 Å². The minimum absolute atomic E-state index is 0.399. The predicted molar refractivity (Wildman–Crippen MR) is 40.3 cm³/mol. The van der Waals surface area contributed by atoms with Gasteiger partial charge in [0.2, 0.25) is 0 Å². The number of carbonyl (C=O) groups excluding carboxylic acids is 1. The fourth-order valence-electron chi connectivity index (χ4n) is 0.571. The number of hydrogen-bond donors (Lipinski definition) is 0.